The van der Waals surface area contributed by atoms with Gasteiger partial charge < -0.3 is 57.0 Å². The summed E-state index contributed by atoms with van der Waals surface area (Å²) in [5.41, 5.74) is 16.8. The second-order valence-electron chi connectivity index (χ2n) is 11.1. The van der Waals surface area contributed by atoms with Crippen molar-refractivity contribution in [1.82, 2.24) is 20.9 Å². The summed E-state index contributed by atoms with van der Waals surface area (Å²) in [6.45, 7) is 8.12. The Morgan fingerprint density at radius 1 is 0.750 bits per heavy atom. The third-order valence-electron chi connectivity index (χ3n) is 6.46. The number of ether oxygens (including phenoxy) is 4. The van der Waals surface area contributed by atoms with E-state index in [4.69, 9.17) is 36.1 Å². The fourth-order valence-electron chi connectivity index (χ4n) is 3.88. The van der Waals surface area contributed by atoms with Crippen LogP contribution in [0.2, 0.25) is 0 Å². The van der Waals surface area contributed by atoms with Crippen LogP contribution in [-0.4, -0.2) is 133 Å². The number of hydrogen-bond donors (Lipinski definition) is 6. The third kappa shape index (κ3) is 23.0. The molecule has 0 aliphatic rings. The summed E-state index contributed by atoms with van der Waals surface area (Å²) >= 11 is 0. The van der Waals surface area contributed by atoms with Gasteiger partial charge in [-0.15, -0.1) is 0 Å². The Morgan fingerprint density at radius 2 is 1.32 bits per heavy atom. The minimum absolute atomic E-state index is 0.0690. The van der Waals surface area contributed by atoms with Crippen LogP contribution in [-0.2, 0) is 38.1 Å². The van der Waals surface area contributed by atoms with Crippen molar-refractivity contribution in [3.63, 3.8) is 0 Å². The highest BCUT2D eigenvalue weighted by Gasteiger charge is 2.27. The number of amides is 4. The number of nitrogens with two attached hydrogens (primary N) is 3. The Balaban J connectivity index is 3.78. The molecule has 4 amide bonds. The van der Waals surface area contributed by atoms with Crippen molar-refractivity contribution < 1.29 is 38.1 Å². The summed E-state index contributed by atoms with van der Waals surface area (Å²) in [6, 6.07) is -2.14. The lowest BCUT2D eigenvalue weighted by atomic mass is 10.0. The van der Waals surface area contributed by atoms with E-state index in [0.717, 1.165) is 19.4 Å². The Kier molecular flexibility index (Phi) is 25.5. The predicted molar refractivity (Wildman–Crippen MR) is 167 cm³/mol. The van der Waals surface area contributed by atoms with E-state index >= 15 is 0 Å². The first-order valence-corrected chi connectivity index (χ1v) is 15.6. The molecule has 0 fully saturated rings. The van der Waals surface area contributed by atoms with Crippen LogP contribution >= 0.6 is 0 Å². The van der Waals surface area contributed by atoms with Gasteiger partial charge in [0.25, 0.3) is 0 Å². The highest BCUT2D eigenvalue weighted by molar-refractivity contribution is 5.91. The second-order valence-corrected chi connectivity index (χ2v) is 11.1. The van der Waals surface area contributed by atoms with Crippen molar-refractivity contribution in [2.45, 2.75) is 70.5 Å². The first-order chi connectivity index (χ1) is 21.0. The molecule has 9 N–H and O–H groups in total. The van der Waals surface area contributed by atoms with Gasteiger partial charge in [-0.25, -0.2) is 0 Å². The van der Waals surface area contributed by atoms with E-state index in [1.165, 1.54) is 0 Å². The zero-order valence-corrected chi connectivity index (χ0v) is 27.3. The van der Waals surface area contributed by atoms with Crippen molar-refractivity contribution >= 4 is 23.6 Å². The molecule has 0 aliphatic heterocycles. The molecule has 0 heterocycles. The molecule has 15 heteroatoms. The number of primary amides is 1. The van der Waals surface area contributed by atoms with Gasteiger partial charge in [0.1, 0.15) is 12.1 Å². The fourth-order valence-corrected chi connectivity index (χ4v) is 3.88. The van der Waals surface area contributed by atoms with Gasteiger partial charge in [0.15, 0.2) is 0 Å². The molecule has 3 atom stereocenters. The summed E-state index contributed by atoms with van der Waals surface area (Å²) < 4.78 is 21.8. The van der Waals surface area contributed by atoms with Crippen LogP contribution in [0.4, 0.5) is 0 Å². The van der Waals surface area contributed by atoms with E-state index in [9.17, 15) is 19.2 Å². The standard InChI is InChI=1S/C29H59N7O8/c1-22(2)26(29(40)34-24(27(32)38)9-7-11-30)35-25(37)10-14-41-16-18-43-20-21-44-19-17-42-15-12-33-28(39)23(31)8-5-6-13-36(3)4/h22-24,26H,5-21,30-31H2,1-4H3,(H2,32,38)(H,33,39)(H,34,40)(H,35,37). The lowest BCUT2D eigenvalue weighted by molar-refractivity contribution is -0.132. The van der Waals surface area contributed by atoms with Gasteiger partial charge in [0, 0.05) is 13.0 Å². The van der Waals surface area contributed by atoms with Crippen LogP contribution in [0.5, 0.6) is 0 Å². The summed E-state index contributed by atoms with van der Waals surface area (Å²) in [4.78, 5) is 50.7. The maximum Gasteiger partial charge on any atom is 0.243 e. The van der Waals surface area contributed by atoms with Crippen molar-refractivity contribution in [3.05, 3.63) is 0 Å². The van der Waals surface area contributed by atoms with Crippen LogP contribution in [0.3, 0.4) is 0 Å². The number of carbonyl (C=O) groups excluding carboxylic acids is 4. The molecule has 0 aromatic rings. The summed E-state index contributed by atoms with van der Waals surface area (Å²) in [7, 11) is 4.04. The van der Waals surface area contributed by atoms with Gasteiger partial charge in [-0.2, -0.15) is 0 Å². The monoisotopic (exact) mass is 633 g/mol. The molecule has 0 saturated carbocycles. The van der Waals surface area contributed by atoms with E-state index in [1.807, 2.05) is 14.1 Å². The smallest absolute Gasteiger partial charge is 0.243 e. The molecule has 0 radical (unpaired) electrons. The van der Waals surface area contributed by atoms with Crippen LogP contribution in [0.15, 0.2) is 0 Å². The molecule has 15 nitrogen and oxygen atoms in total. The summed E-state index contributed by atoms with van der Waals surface area (Å²) in [5, 5.41) is 8.08. The molecule has 0 aromatic carbocycles. The Morgan fingerprint density at radius 3 is 1.84 bits per heavy atom. The zero-order valence-electron chi connectivity index (χ0n) is 27.3. The van der Waals surface area contributed by atoms with Gasteiger partial charge in [-0.1, -0.05) is 20.3 Å². The number of nitrogens with one attached hydrogen (secondary N) is 3. The first-order valence-electron chi connectivity index (χ1n) is 15.6. The van der Waals surface area contributed by atoms with Crippen molar-refractivity contribution in [1.29, 1.82) is 0 Å². The Bertz CT molecular complexity index is 789. The number of rotatable bonds is 29. The number of hydrogen-bond acceptors (Lipinski definition) is 11. The average Bonchev–Trinajstić information content (AvgIpc) is 2.97. The minimum atomic E-state index is -0.838. The molecule has 44 heavy (non-hydrogen) atoms. The fraction of sp³-hybridized carbons (Fsp3) is 0.862. The molecule has 0 saturated heterocycles. The van der Waals surface area contributed by atoms with Crippen LogP contribution in [0.1, 0.15) is 52.4 Å². The number of carbonyl (C=O) groups is 4. The van der Waals surface area contributed by atoms with Gasteiger partial charge in [-0.05, 0) is 58.8 Å². The van der Waals surface area contributed by atoms with Crippen molar-refractivity contribution in [2.24, 2.45) is 23.1 Å². The van der Waals surface area contributed by atoms with Crippen LogP contribution in [0.25, 0.3) is 0 Å². The van der Waals surface area contributed by atoms with Crippen LogP contribution < -0.4 is 33.2 Å². The van der Waals surface area contributed by atoms with Crippen molar-refractivity contribution in [2.75, 3.05) is 86.6 Å². The quantitative estimate of drug-likeness (QED) is 0.0518. The molecule has 3 unspecified atom stereocenters. The van der Waals surface area contributed by atoms with E-state index < -0.39 is 29.9 Å². The van der Waals surface area contributed by atoms with E-state index in [-0.39, 0.29) is 30.8 Å². The van der Waals surface area contributed by atoms with Gasteiger partial charge in [0.05, 0.1) is 58.9 Å². The second kappa shape index (κ2) is 27.0. The molecule has 0 aromatic heterocycles. The molecular formula is C29H59N7O8. The van der Waals surface area contributed by atoms with E-state index in [2.05, 4.69) is 20.9 Å². The molecule has 0 rings (SSSR count). The average molecular weight is 634 g/mol. The lowest BCUT2D eigenvalue weighted by Gasteiger charge is -2.24. The predicted octanol–water partition coefficient (Wildman–Crippen LogP) is -1.53. The maximum absolute atomic E-state index is 12.6. The summed E-state index contributed by atoms with van der Waals surface area (Å²) in [5.74, 6) is -1.81. The largest absolute Gasteiger partial charge is 0.379 e. The normalized spacial score (nSPS) is 13.5. The molecule has 0 aliphatic carbocycles. The Hall–Kier alpha value is -2.40. The molecule has 258 valence electrons. The maximum atomic E-state index is 12.6. The number of nitrogens with zero attached hydrogens (tertiary/aromatic N) is 1. The molecule has 0 spiro atoms. The Labute approximate surface area is 262 Å². The van der Waals surface area contributed by atoms with E-state index in [1.54, 1.807) is 13.8 Å². The third-order valence-corrected chi connectivity index (χ3v) is 6.46. The van der Waals surface area contributed by atoms with Crippen LogP contribution in [0, 0.1) is 5.92 Å². The topological polar surface area (TPSA) is 223 Å². The zero-order chi connectivity index (χ0) is 33.2. The molecule has 0 bridgehead atoms. The van der Waals surface area contributed by atoms with Gasteiger partial charge >= 0.3 is 0 Å². The minimum Gasteiger partial charge on any atom is -0.379 e. The lowest BCUT2D eigenvalue weighted by Crippen LogP contribution is -2.54. The number of unbranched alkanes of at least 4 members (excludes halogenated alkanes) is 1. The summed E-state index contributed by atoms with van der Waals surface area (Å²) in [6.07, 6.45) is 3.53. The first kappa shape index (κ1) is 41.6. The highest BCUT2D eigenvalue weighted by Crippen LogP contribution is 2.05. The SMILES string of the molecule is CC(C)C(NC(=O)CCOCCOCCOCCOCCNC(=O)C(N)CCCCN(C)C)C(=O)NC(CCCN)C(N)=O. The molecular weight excluding hydrogens is 574 g/mol. The van der Waals surface area contributed by atoms with Gasteiger partial charge in [0.2, 0.25) is 23.6 Å². The van der Waals surface area contributed by atoms with E-state index in [0.29, 0.717) is 78.6 Å². The van der Waals surface area contributed by atoms with Gasteiger partial charge in [-0.3, -0.25) is 19.2 Å². The highest BCUT2D eigenvalue weighted by atomic mass is 16.6. The van der Waals surface area contributed by atoms with Crippen molar-refractivity contribution in [3.8, 4) is 0 Å².